The SMILES string of the molecule is COCCc1ccc(C[C@H]2CC[C@@]34C[C@@H]2C=C[C@@H]3C[C@H]2CC3=C5C[C@@]67C=CC[C@]8(C)[C@@H](O)CC[C@@]3([C@H]3C=c9c(CCC(C)C)cccc9=C(Cc9cccc(c9)C9=CC=C(NCCC[C@@H](C%10CCCCC%10)/C(=C/O)CC[C@@H](C(=O)O)[C@H]%10[C@H](O)C[C@]54[C@]2%10C)NC9)C3=C6)[C@@H]78)cc1. The first kappa shape index (κ1) is 63.1. The molecule has 20 rings (SSSR count). The minimum atomic E-state index is -0.809. The van der Waals surface area contributed by atoms with Crippen LogP contribution in [0.3, 0.4) is 0 Å². The fraction of sp³-hybridized carbons (Fsp3) is 0.593. The first-order valence-electron chi connectivity index (χ1n) is 37.7. The number of ether oxygens (including phenoxy) is 1. The first-order valence-corrected chi connectivity index (χ1v) is 37.7. The van der Waals surface area contributed by atoms with Gasteiger partial charge in [-0.3, -0.25) is 4.79 Å². The minimum Gasteiger partial charge on any atom is -0.516 e. The topological polar surface area (TPSA) is 131 Å². The van der Waals surface area contributed by atoms with Crippen molar-refractivity contribution in [1.29, 1.82) is 0 Å². The Morgan fingerprint density at radius 1 is 0.862 bits per heavy atom. The second-order valence-corrected chi connectivity index (χ2v) is 33.9. The van der Waals surface area contributed by atoms with Crippen molar-refractivity contribution in [2.75, 3.05) is 26.8 Å². The monoisotopic (exact) mass is 1260 g/mol. The number of methoxy groups -OCH3 is 1. The lowest BCUT2D eigenvalue weighted by Crippen LogP contribution is -2.72. The van der Waals surface area contributed by atoms with Crippen LogP contribution >= 0.6 is 0 Å². The maximum Gasteiger partial charge on any atom is 0.306 e. The molecule has 0 radical (unpaired) electrons. The Hall–Kier alpha value is -5.67. The van der Waals surface area contributed by atoms with Crippen LogP contribution in [0.25, 0.3) is 17.2 Å². The van der Waals surface area contributed by atoms with Crippen LogP contribution in [-0.4, -0.2) is 65.4 Å². The van der Waals surface area contributed by atoms with Crippen LogP contribution < -0.4 is 21.1 Å². The summed E-state index contributed by atoms with van der Waals surface area (Å²) < 4.78 is 5.47. The van der Waals surface area contributed by atoms with E-state index in [1.165, 1.54) is 80.5 Å². The Morgan fingerprint density at radius 3 is 2.48 bits per heavy atom. The summed E-state index contributed by atoms with van der Waals surface area (Å²) in [7, 11) is 1.78. The second kappa shape index (κ2) is 24.1. The third-order valence-corrected chi connectivity index (χ3v) is 29.5. The highest BCUT2D eigenvalue weighted by Crippen LogP contribution is 2.88. The van der Waals surface area contributed by atoms with Crippen molar-refractivity contribution >= 4 is 23.2 Å². The van der Waals surface area contributed by atoms with Gasteiger partial charge in [-0.2, -0.15) is 0 Å². The average molecular weight is 1270 g/mol. The minimum absolute atomic E-state index is 0.0695. The van der Waals surface area contributed by atoms with E-state index in [4.69, 9.17) is 4.74 Å². The van der Waals surface area contributed by atoms with E-state index >= 15 is 0 Å². The zero-order valence-corrected chi connectivity index (χ0v) is 57.2. The molecule has 3 aromatic carbocycles. The van der Waals surface area contributed by atoms with Gasteiger partial charge in [0.15, 0.2) is 0 Å². The summed E-state index contributed by atoms with van der Waals surface area (Å²) in [6, 6.07) is 26.0. The van der Waals surface area contributed by atoms with Crippen molar-refractivity contribution in [3.05, 3.63) is 182 Å². The molecular formula is C86H108N2O6. The van der Waals surface area contributed by atoms with Crippen molar-refractivity contribution < 1.29 is 30.0 Å². The molecule has 17 aliphatic rings. The third kappa shape index (κ3) is 9.57. The fourth-order valence-electron chi connectivity index (χ4n) is 25.7. The van der Waals surface area contributed by atoms with Crippen LogP contribution in [0.4, 0.5) is 0 Å². The number of benzene rings is 3. The number of carbonyl (C=O) groups is 1. The molecule has 5 saturated carbocycles. The Balaban J connectivity index is 0.916. The first-order chi connectivity index (χ1) is 45.6. The number of hydrogen-bond acceptors (Lipinski definition) is 7. The van der Waals surface area contributed by atoms with Crippen LogP contribution in [0.1, 0.15) is 184 Å². The largest absolute Gasteiger partial charge is 0.516 e. The molecule has 6 N–H and O–H groups in total. The van der Waals surface area contributed by atoms with Gasteiger partial charge in [0.05, 0.1) is 36.8 Å². The number of rotatable bonds is 10. The molecule has 8 heteroatoms. The predicted octanol–water partition coefficient (Wildman–Crippen LogP) is 15.6. The predicted molar refractivity (Wildman–Crippen MR) is 377 cm³/mol. The van der Waals surface area contributed by atoms with E-state index in [-0.39, 0.29) is 39.9 Å². The van der Waals surface area contributed by atoms with Gasteiger partial charge in [-0.05, 0) is 260 Å². The highest BCUT2D eigenvalue weighted by Gasteiger charge is 2.82. The summed E-state index contributed by atoms with van der Waals surface area (Å²) in [4.78, 5) is 15.0. The molecule has 0 aromatic heterocycles. The maximum absolute atomic E-state index is 15.0. The number of aliphatic hydroxyl groups excluding tert-OH is 3. The molecule has 3 aromatic rings. The van der Waals surface area contributed by atoms with Gasteiger partial charge in [-0.25, -0.2) is 0 Å². The Morgan fingerprint density at radius 2 is 1.69 bits per heavy atom. The number of hydrogen-bond donors (Lipinski definition) is 6. The molecule has 3 spiro atoms. The van der Waals surface area contributed by atoms with E-state index in [9.17, 15) is 25.2 Å². The molecule has 6 heterocycles. The van der Waals surface area contributed by atoms with Crippen molar-refractivity contribution in [1.82, 2.24) is 10.6 Å². The molecule has 5 fully saturated rings. The van der Waals surface area contributed by atoms with Gasteiger partial charge in [0, 0.05) is 53.7 Å². The molecule has 94 heavy (non-hydrogen) atoms. The summed E-state index contributed by atoms with van der Waals surface area (Å²) in [5.41, 5.74) is 13.0. The van der Waals surface area contributed by atoms with Crippen molar-refractivity contribution in [3.8, 4) is 0 Å². The summed E-state index contributed by atoms with van der Waals surface area (Å²) >= 11 is 0. The Bertz CT molecular complexity index is 3840. The lowest BCUT2D eigenvalue weighted by molar-refractivity contribution is -0.216. The number of dihydropyridines is 1. The highest BCUT2D eigenvalue weighted by molar-refractivity contribution is 5.78. The van der Waals surface area contributed by atoms with Crippen molar-refractivity contribution in [2.45, 2.75) is 194 Å². The van der Waals surface area contributed by atoms with Gasteiger partial charge >= 0.3 is 5.97 Å². The van der Waals surface area contributed by atoms with E-state index in [0.717, 1.165) is 147 Å². The van der Waals surface area contributed by atoms with Crippen LogP contribution in [0, 0.1) is 97.6 Å². The summed E-state index contributed by atoms with van der Waals surface area (Å²) in [6.45, 7) is 12.1. The molecule has 11 aliphatic carbocycles. The number of carboxylic acid groups (broad SMARTS) is 1. The zero-order valence-electron chi connectivity index (χ0n) is 57.2. The average Bonchev–Trinajstić information content (AvgIpc) is 1.14. The number of aryl methyl sites for hydroxylation is 1. The van der Waals surface area contributed by atoms with Gasteiger partial charge in [-0.1, -0.05) is 167 Å². The number of nitrogens with one attached hydrogen (secondary N) is 2. The van der Waals surface area contributed by atoms with Crippen LogP contribution in [0.15, 0.2) is 144 Å². The van der Waals surface area contributed by atoms with Gasteiger partial charge < -0.3 is 35.8 Å². The third-order valence-electron chi connectivity index (χ3n) is 29.5. The lowest BCUT2D eigenvalue weighted by Gasteiger charge is -2.78. The fourth-order valence-corrected chi connectivity index (χ4v) is 25.7. The molecule has 498 valence electrons. The van der Waals surface area contributed by atoms with E-state index < -0.39 is 46.3 Å². The highest BCUT2D eigenvalue weighted by atomic mass is 16.5. The second-order valence-electron chi connectivity index (χ2n) is 33.9. The van der Waals surface area contributed by atoms with E-state index in [0.29, 0.717) is 48.9 Å². The molecule has 0 saturated heterocycles. The van der Waals surface area contributed by atoms with E-state index in [1.807, 2.05) is 0 Å². The number of carboxylic acids is 1. The quantitative estimate of drug-likeness (QED) is 0.0874. The summed E-state index contributed by atoms with van der Waals surface area (Å²) in [5.74, 6) is 1.73. The van der Waals surface area contributed by atoms with E-state index in [1.54, 1.807) is 18.3 Å². The number of aliphatic carboxylic acids is 1. The lowest BCUT2D eigenvalue weighted by atomic mass is 9.26. The number of allylic oxidation sites excluding steroid dienone is 11. The number of fused-ring (bicyclic) bond motifs is 2. The maximum atomic E-state index is 15.0. The molecule has 8 nitrogen and oxygen atoms in total. The van der Waals surface area contributed by atoms with E-state index in [2.05, 4.69) is 154 Å². The van der Waals surface area contributed by atoms with Gasteiger partial charge in [0.25, 0.3) is 0 Å². The Labute approximate surface area is 561 Å². The normalized spacial score (nSPS) is 39.8. The smallest absolute Gasteiger partial charge is 0.306 e. The Kier molecular flexibility index (Phi) is 16.2. The van der Waals surface area contributed by atoms with Crippen molar-refractivity contribution in [3.63, 3.8) is 0 Å². The van der Waals surface area contributed by atoms with Crippen LogP contribution in [0.5, 0.6) is 0 Å². The zero-order chi connectivity index (χ0) is 64.5. The number of aliphatic hydroxyl groups is 3. The molecular weight excluding hydrogens is 1160 g/mol. The molecule has 0 unspecified atom stereocenters. The van der Waals surface area contributed by atoms with Gasteiger partial charge in [-0.15, -0.1) is 0 Å². The standard InChI is InChI=1S/C86H108N2O6/c1-53(2)20-25-58-16-10-18-67-69(58)46-72-71-48-83-36-12-35-81(3)76(91)33-38-85(72,80(81)83)73-45-65-44-64-29-26-61-47-84(64,37-32-60(61)41-55-23-21-54(22-24-55)34-40-94-5)86(74(73)49-83)50-75(90)78(82(65,86)4)68(79(92)93)30-27-63(52-89)66(57-14-7-6-8-15-57)19-11-39-87-77-31-28-62(51-88-77)59-17-9-13-56(42-59)43-70(67)71/h9-10,12-13,16-18,21-24,26,28-29,31,36,42,46,48,52-53,57,60-61,64-66,68,72,75-76,78,80,87-91H,6-8,11,14-15,19-20,25,27,30,32-35,37-41,43-45,47,49-51H2,1-5H3,(H,92,93)/b63-52+/t60-,61+,64-,65+,66+,68-,72+,75-,76+,78+,80-,81-,82-,83-,84-,85+,86-/m1/s1. The van der Waals surface area contributed by atoms with Crippen molar-refractivity contribution in [2.24, 2.45) is 97.6 Å². The molecule has 6 aliphatic heterocycles. The summed E-state index contributed by atoms with van der Waals surface area (Å²) in [5, 5.41) is 61.2. The van der Waals surface area contributed by atoms with Crippen LogP contribution in [-0.2, 0) is 35.2 Å². The molecule has 17 bridgehead atoms. The van der Waals surface area contributed by atoms with Crippen LogP contribution in [0.2, 0.25) is 0 Å². The van der Waals surface area contributed by atoms with Gasteiger partial charge in [0.1, 0.15) is 0 Å². The molecule has 0 amide bonds. The van der Waals surface area contributed by atoms with Gasteiger partial charge in [0.2, 0.25) is 0 Å². The molecule has 17 atom stereocenters. The summed E-state index contributed by atoms with van der Waals surface area (Å²) in [6.07, 6.45) is 43.6.